The molecule has 1 aromatic carbocycles. The maximum absolute atomic E-state index is 10.1. The van der Waals surface area contributed by atoms with Crippen molar-refractivity contribution in [2.45, 2.75) is 51.4 Å². The molecule has 1 unspecified atom stereocenters. The maximum atomic E-state index is 10.1. The summed E-state index contributed by atoms with van der Waals surface area (Å²) in [6, 6.07) is 10.7. The lowest BCUT2D eigenvalue weighted by Crippen LogP contribution is -1.93. The second-order valence-corrected chi connectivity index (χ2v) is 4.47. The Labute approximate surface area is 98.9 Å². The normalized spacial score (nSPS) is 12.3. The number of hydrogen-bond donors (Lipinski definition) is 0. The molecule has 0 N–H and O–H groups in total. The summed E-state index contributed by atoms with van der Waals surface area (Å²) in [6.45, 7) is 2.29. The lowest BCUT2D eigenvalue weighted by Gasteiger charge is -2.11. The van der Waals surface area contributed by atoms with E-state index in [0.29, 0.717) is 5.92 Å². The second kappa shape index (κ2) is 8.09. The fraction of sp³-hybridized carbons (Fsp3) is 0.533. The van der Waals surface area contributed by atoms with Gasteiger partial charge in [0.2, 0.25) is 0 Å². The molecule has 0 saturated heterocycles. The first-order valence-electron chi connectivity index (χ1n) is 6.33. The van der Waals surface area contributed by atoms with Gasteiger partial charge in [0.1, 0.15) is 6.29 Å². The third kappa shape index (κ3) is 5.11. The van der Waals surface area contributed by atoms with Crippen LogP contribution < -0.4 is 0 Å². The lowest BCUT2D eigenvalue weighted by molar-refractivity contribution is -0.107. The Morgan fingerprint density at radius 1 is 1.06 bits per heavy atom. The smallest absolute Gasteiger partial charge is 0.119 e. The van der Waals surface area contributed by atoms with E-state index in [1.165, 1.54) is 31.2 Å². The van der Waals surface area contributed by atoms with E-state index in [9.17, 15) is 4.79 Å². The summed E-state index contributed by atoms with van der Waals surface area (Å²) >= 11 is 0. The van der Waals surface area contributed by atoms with Crippen LogP contribution >= 0.6 is 0 Å². The van der Waals surface area contributed by atoms with E-state index in [-0.39, 0.29) is 0 Å². The molecule has 0 aliphatic heterocycles. The molecule has 0 spiro atoms. The van der Waals surface area contributed by atoms with Crippen molar-refractivity contribution >= 4 is 6.29 Å². The summed E-state index contributed by atoms with van der Waals surface area (Å²) in [6.07, 6.45) is 7.79. The van der Waals surface area contributed by atoms with Crippen LogP contribution in [0.2, 0.25) is 0 Å². The van der Waals surface area contributed by atoms with Gasteiger partial charge in [0.15, 0.2) is 0 Å². The monoisotopic (exact) mass is 218 g/mol. The van der Waals surface area contributed by atoms with Gasteiger partial charge >= 0.3 is 0 Å². The van der Waals surface area contributed by atoms with Crippen LogP contribution in [0, 0.1) is 0 Å². The van der Waals surface area contributed by atoms with Crippen LogP contribution in [0.1, 0.15) is 56.9 Å². The molecular formula is C15H22O. The molecular weight excluding hydrogens is 196 g/mol. The summed E-state index contributed by atoms with van der Waals surface area (Å²) in [5, 5.41) is 0. The molecule has 1 aromatic rings. The number of benzene rings is 1. The molecule has 1 nitrogen and oxygen atoms in total. The first kappa shape index (κ1) is 13.0. The van der Waals surface area contributed by atoms with Crippen molar-refractivity contribution in [3.63, 3.8) is 0 Å². The largest absolute Gasteiger partial charge is 0.303 e. The van der Waals surface area contributed by atoms with Gasteiger partial charge in [0, 0.05) is 6.42 Å². The average Bonchev–Trinajstić information content (AvgIpc) is 2.34. The van der Waals surface area contributed by atoms with Gasteiger partial charge in [-0.3, -0.25) is 0 Å². The zero-order chi connectivity index (χ0) is 11.6. The minimum atomic E-state index is 0.660. The Morgan fingerprint density at radius 2 is 1.75 bits per heavy atom. The van der Waals surface area contributed by atoms with Crippen LogP contribution in [-0.2, 0) is 4.79 Å². The molecule has 0 radical (unpaired) electrons. The summed E-state index contributed by atoms with van der Waals surface area (Å²) in [7, 11) is 0. The summed E-state index contributed by atoms with van der Waals surface area (Å²) < 4.78 is 0. The fourth-order valence-corrected chi connectivity index (χ4v) is 1.98. The van der Waals surface area contributed by atoms with Crippen LogP contribution in [0.15, 0.2) is 30.3 Å². The predicted octanol–water partition coefficient (Wildman–Crippen LogP) is 4.33. The first-order chi connectivity index (χ1) is 7.84. The number of carbonyl (C=O) groups excluding carboxylic acids is 1. The van der Waals surface area contributed by atoms with Gasteiger partial charge in [-0.1, -0.05) is 56.5 Å². The SMILES string of the molecule is CC(CCCCCCC=O)c1ccccc1. The number of aldehydes is 1. The maximum Gasteiger partial charge on any atom is 0.119 e. The topological polar surface area (TPSA) is 17.1 Å². The van der Waals surface area contributed by atoms with Gasteiger partial charge in [-0.05, 0) is 24.3 Å². The van der Waals surface area contributed by atoms with E-state index >= 15 is 0 Å². The average molecular weight is 218 g/mol. The molecule has 0 fully saturated rings. The fourth-order valence-electron chi connectivity index (χ4n) is 1.98. The molecule has 0 aromatic heterocycles. The van der Waals surface area contributed by atoms with Crippen LogP contribution in [0.5, 0.6) is 0 Å². The number of hydrogen-bond acceptors (Lipinski definition) is 1. The van der Waals surface area contributed by atoms with Crippen molar-refractivity contribution in [1.29, 1.82) is 0 Å². The first-order valence-corrected chi connectivity index (χ1v) is 6.33. The van der Waals surface area contributed by atoms with Crippen molar-refractivity contribution in [2.75, 3.05) is 0 Å². The van der Waals surface area contributed by atoms with Crippen LogP contribution in [0.25, 0.3) is 0 Å². The zero-order valence-corrected chi connectivity index (χ0v) is 10.2. The zero-order valence-electron chi connectivity index (χ0n) is 10.2. The molecule has 88 valence electrons. The van der Waals surface area contributed by atoms with E-state index in [1.54, 1.807) is 0 Å². The highest BCUT2D eigenvalue weighted by Gasteiger charge is 2.03. The number of rotatable bonds is 8. The van der Waals surface area contributed by atoms with E-state index in [0.717, 1.165) is 19.1 Å². The quantitative estimate of drug-likeness (QED) is 0.469. The van der Waals surface area contributed by atoms with Crippen molar-refractivity contribution in [2.24, 2.45) is 0 Å². The molecule has 16 heavy (non-hydrogen) atoms. The molecule has 0 aliphatic rings. The molecule has 0 heterocycles. The van der Waals surface area contributed by atoms with Crippen molar-refractivity contribution in [1.82, 2.24) is 0 Å². The van der Waals surface area contributed by atoms with Crippen LogP contribution in [0.4, 0.5) is 0 Å². The van der Waals surface area contributed by atoms with Gasteiger partial charge in [-0.15, -0.1) is 0 Å². The van der Waals surface area contributed by atoms with E-state index in [1.807, 2.05) is 0 Å². The Hall–Kier alpha value is -1.11. The van der Waals surface area contributed by atoms with Crippen molar-refractivity contribution in [3.8, 4) is 0 Å². The van der Waals surface area contributed by atoms with Gasteiger partial charge in [-0.25, -0.2) is 0 Å². The van der Waals surface area contributed by atoms with E-state index in [2.05, 4.69) is 37.3 Å². The standard InChI is InChI=1S/C15H22O/c1-14(15-11-7-5-8-12-15)10-6-3-2-4-9-13-16/h5,7-8,11-14H,2-4,6,9-10H2,1H3. The van der Waals surface area contributed by atoms with Gasteiger partial charge in [0.05, 0.1) is 0 Å². The molecule has 1 atom stereocenters. The second-order valence-electron chi connectivity index (χ2n) is 4.47. The Bertz CT molecular complexity index is 279. The summed E-state index contributed by atoms with van der Waals surface area (Å²) in [5.74, 6) is 0.660. The minimum Gasteiger partial charge on any atom is -0.303 e. The molecule has 0 amide bonds. The molecule has 0 saturated carbocycles. The molecule has 0 aliphatic carbocycles. The Morgan fingerprint density at radius 3 is 2.44 bits per heavy atom. The predicted molar refractivity (Wildman–Crippen MR) is 68.6 cm³/mol. The third-order valence-corrected chi connectivity index (χ3v) is 3.08. The Kier molecular flexibility index (Phi) is 6.55. The highest BCUT2D eigenvalue weighted by Crippen LogP contribution is 2.21. The summed E-state index contributed by atoms with van der Waals surface area (Å²) in [4.78, 5) is 10.1. The van der Waals surface area contributed by atoms with Crippen molar-refractivity contribution in [3.05, 3.63) is 35.9 Å². The summed E-state index contributed by atoms with van der Waals surface area (Å²) in [5.41, 5.74) is 1.44. The highest BCUT2D eigenvalue weighted by atomic mass is 16.1. The third-order valence-electron chi connectivity index (χ3n) is 3.08. The minimum absolute atomic E-state index is 0.660. The van der Waals surface area contributed by atoms with E-state index in [4.69, 9.17) is 0 Å². The Balaban J connectivity index is 2.11. The molecule has 0 bridgehead atoms. The van der Waals surface area contributed by atoms with Crippen LogP contribution in [0.3, 0.4) is 0 Å². The van der Waals surface area contributed by atoms with Gasteiger partial charge in [0.25, 0.3) is 0 Å². The van der Waals surface area contributed by atoms with Crippen molar-refractivity contribution < 1.29 is 4.79 Å². The lowest BCUT2D eigenvalue weighted by atomic mass is 9.95. The molecule has 1 rings (SSSR count). The number of unbranched alkanes of at least 4 members (excludes halogenated alkanes) is 4. The highest BCUT2D eigenvalue weighted by molar-refractivity contribution is 5.48. The number of carbonyl (C=O) groups is 1. The van der Waals surface area contributed by atoms with E-state index < -0.39 is 0 Å². The van der Waals surface area contributed by atoms with Gasteiger partial charge < -0.3 is 4.79 Å². The van der Waals surface area contributed by atoms with Gasteiger partial charge in [-0.2, -0.15) is 0 Å². The van der Waals surface area contributed by atoms with Crippen LogP contribution in [-0.4, -0.2) is 6.29 Å². The molecule has 1 heteroatoms.